The van der Waals surface area contributed by atoms with E-state index in [2.05, 4.69) is 20.9 Å². The number of imidazole rings is 1. The Bertz CT molecular complexity index is 969. The number of rotatable bonds is 6. The highest BCUT2D eigenvalue weighted by molar-refractivity contribution is 9.10. The molecule has 1 aliphatic carbocycles. The Hall–Kier alpha value is -2.39. The number of aliphatic carboxylic acids is 1. The van der Waals surface area contributed by atoms with Crippen LogP contribution in [-0.2, 0) is 33.5 Å². The number of ether oxygens (including phenoxy) is 2. The Labute approximate surface area is 195 Å². The van der Waals surface area contributed by atoms with Gasteiger partial charge in [0.05, 0.1) is 0 Å². The van der Waals surface area contributed by atoms with Crippen molar-refractivity contribution in [2.75, 3.05) is 19.7 Å². The summed E-state index contributed by atoms with van der Waals surface area (Å²) in [4.78, 5) is 30.2. The molecule has 1 amide bonds. The van der Waals surface area contributed by atoms with Crippen molar-refractivity contribution < 1.29 is 24.2 Å². The predicted molar refractivity (Wildman–Crippen MR) is 120 cm³/mol. The van der Waals surface area contributed by atoms with Gasteiger partial charge in [-0.25, -0.2) is 14.6 Å². The van der Waals surface area contributed by atoms with Gasteiger partial charge in [0, 0.05) is 26.3 Å². The minimum atomic E-state index is -0.994. The zero-order valence-electron chi connectivity index (χ0n) is 18.1. The first kappa shape index (κ1) is 22.8. The number of amides is 1. The summed E-state index contributed by atoms with van der Waals surface area (Å²) in [5.41, 5.74) is 0.226. The van der Waals surface area contributed by atoms with Gasteiger partial charge in [0.1, 0.15) is 29.2 Å². The number of hydrogen-bond donors (Lipinski definition) is 1. The maximum atomic E-state index is 12.6. The molecule has 9 heteroatoms. The molecule has 0 unspecified atom stereocenters. The Morgan fingerprint density at radius 2 is 1.88 bits per heavy atom. The second-order valence-electron chi connectivity index (χ2n) is 8.89. The second-order valence-corrected chi connectivity index (χ2v) is 9.70. The SMILES string of the molecule is Cn1cc(Br)nc1C1(OCC(=O)O)CCC2(CCN(C(=O)OCc3ccccc3)C2)CC1. The summed E-state index contributed by atoms with van der Waals surface area (Å²) in [7, 11) is 1.89. The van der Waals surface area contributed by atoms with Crippen LogP contribution in [-0.4, -0.2) is 51.3 Å². The molecule has 4 rings (SSSR count). The van der Waals surface area contributed by atoms with Crippen LogP contribution in [0.1, 0.15) is 43.5 Å². The summed E-state index contributed by atoms with van der Waals surface area (Å²) in [5.74, 6) is -0.260. The van der Waals surface area contributed by atoms with Crippen LogP contribution in [0.25, 0.3) is 0 Å². The van der Waals surface area contributed by atoms with E-state index in [-0.39, 0.29) is 24.7 Å². The highest BCUT2D eigenvalue weighted by Crippen LogP contribution is 2.51. The third-order valence-corrected chi connectivity index (χ3v) is 7.13. The van der Waals surface area contributed by atoms with Crippen LogP contribution < -0.4 is 0 Å². The minimum absolute atomic E-state index is 0.00421. The van der Waals surface area contributed by atoms with Crippen LogP contribution >= 0.6 is 15.9 Å². The highest BCUT2D eigenvalue weighted by atomic mass is 79.9. The fourth-order valence-corrected chi connectivity index (χ4v) is 5.45. The summed E-state index contributed by atoms with van der Waals surface area (Å²) in [6, 6.07) is 9.66. The molecular formula is C23H28BrN3O5. The van der Waals surface area contributed by atoms with Gasteiger partial charge in [0.15, 0.2) is 0 Å². The first-order valence-corrected chi connectivity index (χ1v) is 11.6. The monoisotopic (exact) mass is 505 g/mol. The molecule has 2 heterocycles. The summed E-state index contributed by atoms with van der Waals surface area (Å²) in [5, 5.41) is 9.19. The Morgan fingerprint density at radius 1 is 1.16 bits per heavy atom. The number of likely N-dealkylation sites (tertiary alicyclic amines) is 1. The van der Waals surface area contributed by atoms with Crippen LogP contribution in [0.4, 0.5) is 4.79 Å². The van der Waals surface area contributed by atoms with Crippen molar-refractivity contribution in [1.82, 2.24) is 14.5 Å². The standard InChI is InChI=1S/C23H28BrN3O5/c1-26-13-18(24)25-20(26)23(32-15-19(28)29)9-7-22(8-10-23)11-12-27(16-22)21(30)31-14-17-5-3-2-4-6-17/h2-6,13H,7-12,14-16H2,1H3,(H,28,29). The van der Waals surface area contributed by atoms with E-state index < -0.39 is 11.6 Å². The molecule has 1 aromatic carbocycles. The second kappa shape index (κ2) is 9.23. The van der Waals surface area contributed by atoms with E-state index in [1.807, 2.05) is 48.1 Å². The van der Waals surface area contributed by atoms with Gasteiger partial charge in [-0.2, -0.15) is 0 Å². The molecule has 1 aliphatic heterocycles. The Balaban J connectivity index is 1.40. The quantitative estimate of drug-likeness (QED) is 0.635. The summed E-state index contributed by atoms with van der Waals surface area (Å²) >= 11 is 3.41. The topological polar surface area (TPSA) is 93.9 Å². The number of carbonyl (C=O) groups excluding carboxylic acids is 1. The van der Waals surface area contributed by atoms with Gasteiger partial charge in [-0.1, -0.05) is 30.3 Å². The number of carbonyl (C=O) groups is 2. The average molecular weight is 506 g/mol. The summed E-state index contributed by atoms with van der Waals surface area (Å²) < 4.78 is 14.1. The van der Waals surface area contributed by atoms with Crippen LogP contribution in [0.3, 0.4) is 0 Å². The molecule has 0 atom stereocenters. The molecule has 1 N–H and O–H groups in total. The van der Waals surface area contributed by atoms with Gasteiger partial charge in [-0.3, -0.25) is 0 Å². The highest BCUT2D eigenvalue weighted by Gasteiger charge is 2.50. The molecule has 0 radical (unpaired) electrons. The van der Waals surface area contributed by atoms with E-state index in [1.165, 1.54) is 0 Å². The van der Waals surface area contributed by atoms with E-state index in [0.29, 0.717) is 30.5 Å². The fourth-order valence-electron chi connectivity index (χ4n) is 4.98. The van der Waals surface area contributed by atoms with Crippen LogP contribution in [0.15, 0.2) is 41.1 Å². The number of aromatic nitrogens is 2. The smallest absolute Gasteiger partial charge is 0.410 e. The number of hydrogen-bond acceptors (Lipinski definition) is 5. The number of carboxylic acid groups (broad SMARTS) is 1. The third-order valence-electron chi connectivity index (χ3n) is 6.75. The van der Waals surface area contributed by atoms with Crippen molar-refractivity contribution in [3.05, 3.63) is 52.5 Å². The molecule has 32 heavy (non-hydrogen) atoms. The minimum Gasteiger partial charge on any atom is -0.480 e. The number of nitrogens with zero attached hydrogens (tertiary/aromatic N) is 3. The van der Waals surface area contributed by atoms with Gasteiger partial charge >= 0.3 is 12.1 Å². The van der Waals surface area contributed by atoms with Crippen molar-refractivity contribution in [3.8, 4) is 0 Å². The number of halogens is 1. The predicted octanol–water partition coefficient (Wildman–Crippen LogP) is 4.08. The maximum absolute atomic E-state index is 12.6. The Kier molecular flexibility index (Phi) is 6.57. The van der Waals surface area contributed by atoms with E-state index in [9.17, 15) is 14.7 Å². The summed E-state index contributed by atoms with van der Waals surface area (Å²) in [6.07, 6.45) is 5.46. The first-order chi connectivity index (χ1) is 15.3. The lowest BCUT2D eigenvalue weighted by Crippen LogP contribution is -2.43. The molecule has 1 spiro atoms. The van der Waals surface area contributed by atoms with Crippen molar-refractivity contribution >= 4 is 28.0 Å². The van der Waals surface area contributed by atoms with Crippen molar-refractivity contribution in [2.24, 2.45) is 12.5 Å². The molecule has 8 nitrogen and oxygen atoms in total. The van der Waals surface area contributed by atoms with E-state index in [1.54, 1.807) is 4.90 Å². The molecule has 1 saturated carbocycles. The maximum Gasteiger partial charge on any atom is 0.410 e. The molecule has 172 valence electrons. The zero-order valence-corrected chi connectivity index (χ0v) is 19.7. The first-order valence-electron chi connectivity index (χ1n) is 10.8. The number of benzene rings is 1. The lowest BCUT2D eigenvalue weighted by atomic mass is 9.67. The molecule has 1 aromatic heterocycles. The zero-order chi connectivity index (χ0) is 22.8. The third kappa shape index (κ3) is 4.83. The molecule has 2 aromatic rings. The molecular weight excluding hydrogens is 478 g/mol. The van der Waals surface area contributed by atoms with Crippen molar-refractivity contribution in [1.29, 1.82) is 0 Å². The van der Waals surface area contributed by atoms with Gasteiger partial charge in [-0.15, -0.1) is 0 Å². The summed E-state index contributed by atoms with van der Waals surface area (Å²) in [6.45, 7) is 1.23. The molecule has 0 bridgehead atoms. The normalized spacial score (nSPS) is 25.2. The van der Waals surface area contributed by atoms with Crippen LogP contribution in [0.2, 0.25) is 0 Å². The van der Waals surface area contributed by atoms with Gasteiger partial charge < -0.3 is 24.0 Å². The van der Waals surface area contributed by atoms with Crippen LogP contribution in [0, 0.1) is 5.41 Å². The molecule has 2 aliphatic rings. The van der Waals surface area contributed by atoms with Gasteiger partial charge in [0.2, 0.25) is 0 Å². The molecule has 2 fully saturated rings. The number of aryl methyl sites for hydroxylation is 1. The lowest BCUT2D eigenvalue weighted by molar-refractivity contribution is -0.157. The molecule has 1 saturated heterocycles. The van der Waals surface area contributed by atoms with E-state index >= 15 is 0 Å². The van der Waals surface area contributed by atoms with Gasteiger partial charge in [-0.05, 0) is 59.0 Å². The largest absolute Gasteiger partial charge is 0.480 e. The fraction of sp³-hybridized carbons (Fsp3) is 0.522. The van der Waals surface area contributed by atoms with Crippen LogP contribution in [0.5, 0.6) is 0 Å². The van der Waals surface area contributed by atoms with Crippen molar-refractivity contribution in [2.45, 2.75) is 44.3 Å². The van der Waals surface area contributed by atoms with E-state index in [4.69, 9.17) is 9.47 Å². The van der Waals surface area contributed by atoms with Gasteiger partial charge in [0.25, 0.3) is 0 Å². The lowest BCUT2D eigenvalue weighted by Gasteiger charge is -2.43. The number of carboxylic acids is 1. The van der Waals surface area contributed by atoms with E-state index in [0.717, 1.165) is 30.7 Å². The van der Waals surface area contributed by atoms with Crippen molar-refractivity contribution in [3.63, 3.8) is 0 Å². The Morgan fingerprint density at radius 3 is 2.50 bits per heavy atom. The average Bonchev–Trinajstić information content (AvgIpc) is 3.36.